The van der Waals surface area contributed by atoms with E-state index in [1.165, 1.54) is 29.2 Å². The Morgan fingerprint density at radius 2 is 1.48 bits per heavy atom. The summed E-state index contributed by atoms with van der Waals surface area (Å²) in [4.78, 5) is 27.0. The van der Waals surface area contributed by atoms with Gasteiger partial charge in [0.2, 0.25) is 0 Å². The van der Waals surface area contributed by atoms with Crippen LogP contribution in [-0.2, 0) is 5.41 Å². The van der Waals surface area contributed by atoms with Crippen molar-refractivity contribution in [2.75, 3.05) is 23.3 Å². The van der Waals surface area contributed by atoms with E-state index in [0.717, 1.165) is 11.1 Å². The first-order valence-electron chi connectivity index (χ1n) is 10.9. The van der Waals surface area contributed by atoms with Gasteiger partial charge in [-0.1, -0.05) is 50.6 Å². The molecule has 0 saturated carbocycles. The van der Waals surface area contributed by atoms with Crippen LogP contribution in [0.1, 0.15) is 42.3 Å². The van der Waals surface area contributed by atoms with Crippen molar-refractivity contribution in [1.82, 2.24) is 5.32 Å². The van der Waals surface area contributed by atoms with Gasteiger partial charge in [-0.3, -0.25) is 9.69 Å². The van der Waals surface area contributed by atoms with Gasteiger partial charge in [-0.15, -0.1) is 0 Å². The summed E-state index contributed by atoms with van der Waals surface area (Å²) in [6.07, 6.45) is 0. The summed E-state index contributed by atoms with van der Waals surface area (Å²) in [7, 11) is 0. The lowest BCUT2D eigenvalue weighted by molar-refractivity contribution is 0.0954. The quantitative estimate of drug-likeness (QED) is 0.494. The number of nitrogens with one attached hydrogen (secondary N) is 2. The van der Waals surface area contributed by atoms with Crippen molar-refractivity contribution in [3.8, 4) is 0 Å². The number of carbonyl (C=O) groups is 2. The number of aryl methyl sites for hydroxylation is 1. The summed E-state index contributed by atoms with van der Waals surface area (Å²) >= 11 is 0. The van der Waals surface area contributed by atoms with Crippen LogP contribution >= 0.6 is 0 Å². The molecule has 0 aliphatic heterocycles. The number of carbonyl (C=O) groups excluding carboxylic acids is 2. The van der Waals surface area contributed by atoms with Gasteiger partial charge in [0.05, 0.1) is 0 Å². The van der Waals surface area contributed by atoms with E-state index in [9.17, 15) is 14.0 Å². The second kappa shape index (κ2) is 10.3. The maximum atomic E-state index is 13.4. The Bertz CT molecular complexity index is 1090. The number of urea groups is 1. The Hall–Kier alpha value is -3.67. The van der Waals surface area contributed by atoms with E-state index >= 15 is 0 Å². The molecular formula is C27H30FN3O2. The highest BCUT2D eigenvalue weighted by Crippen LogP contribution is 2.22. The molecule has 3 aromatic rings. The molecule has 3 rings (SSSR count). The van der Waals surface area contributed by atoms with Gasteiger partial charge in [0.1, 0.15) is 5.82 Å². The maximum absolute atomic E-state index is 13.4. The fraction of sp³-hybridized carbons (Fsp3) is 0.259. The summed E-state index contributed by atoms with van der Waals surface area (Å²) in [5.41, 5.74) is 3.98. The van der Waals surface area contributed by atoms with Gasteiger partial charge in [0.25, 0.3) is 5.91 Å². The monoisotopic (exact) mass is 447 g/mol. The van der Waals surface area contributed by atoms with Crippen molar-refractivity contribution >= 4 is 23.3 Å². The van der Waals surface area contributed by atoms with E-state index in [1.54, 1.807) is 12.1 Å². The average Bonchev–Trinajstić information content (AvgIpc) is 2.78. The van der Waals surface area contributed by atoms with Gasteiger partial charge in [-0.2, -0.15) is 0 Å². The molecule has 0 spiro atoms. The molecule has 5 nitrogen and oxygen atoms in total. The lowest BCUT2D eigenvalue weighted by Crippen LogP contribution is -2.41. The SMILES string of the molecule is Cc1ccc(NC(=O)N(CCNC(=O)c2ccc(C(C)(C)C)cc2)c2ccc(F)cc2)cc1. The fourth-order valence-corrected chi connectivity index (χ4v) is 3.30. The van der Waals surface area contributed by atoms with Gasteiger partial charge in [0, 0.05) is 30.0 Å². The number of amides is 3. The third-order valence-electron chi connectivity index (χ3n) is 5.32. The number of anilines is 2. The normalized spacial score (nSPS) is 11.1. The van der Waals surface area contributed by atoms with E-state index in [4.69, 9.17) is 0 Å². The van der Waals surface area contributed by atoms with E-state index in [2.05, 4.69) is 31.4 Å². The van der Waals surface area contributed by atoms with Gasteiger partial charge in [0.15, 0.2) is 0 Å². The number of halogens is 1. The smallest absolute Gasteiger partial charge is 0.326 e. The predicted molar refractivity (Wildman–Crippen MR) is 131 cm³/mol. The van der Waals surface area contributed by atoms with Crippen molar-refractivity contribution in [1.29, 1.82) is 0 Å². The third-order valence-corrected chi connectivity index (χ3v) is 5.32. The van der Waals surface area contributed by atoms with Gasteiger partial charge >= 0.3 is 6.03 Å². The molecule has 0 heterocycles. The zero-order valence-corrected chi connectivity index (χ0v) is 19.5. The van der Waals surface area contributed by atoms with Crippen LogP contribution in [0.4, 0.5) is 20.6 Å². The zero-order chi connectivity index (χ0) is 24.0. The van der Waals surface area contributed by atoms with Crippen molar-refractivity contribution in [2.24, 2.45) is 0 Å². The molecule has 0 aliphatic carbocycles. The highest BCUT2D eigenvalue weighted by molar-refractivity contribution is 6.02. The van der Waals surface area contributed by atoms with Gasteiger partial charge in [-0.05, 0) is 66.4 Å². The maximum Gasteiger partial charge on any atom is 0.326 e. The van der Waals surface area contributed by atoms with Crippen molar-refractivity contribution in [3.63, 3.8) is 0 Å². The molecule has 172 valence electrons. The van der Waals surface area contributed by atoms with E-state index in [-0.39, 0.29) is 36.3 Å². The van der Waals surface area contributed by atoms with Crippen LogP contribution in [0, 0.1) is 12.7 Å². The van der Waals surface area contributed by atoms with Gasteiger partial charge < -0.3 is 10.6 Å². The minimum Gasteiger partial charge on any atom is -0.350 e. The minimum atomic E-state index is -0.385. The summed E-state index contributed by atoms with van der Waals surface area (Å²) in [6, 6.07) is 20.3. The minimum absolute atomic E-state index is 0.00940. The molecule has 3 aromatic carbocycles. The molecule has 0 unspecified atom stereocenters. The topological polar surface area (TPSA) is 61.4 Å². The molecule has 2 N–H and O–H groups in total. The molecule has 0 aromatic heterocycles. The van der Waals surface area contributed by atoms with E-state index in [1.807, 2.05) is 43.3 Å². The molecule has 0 fully saturated rings. The molecule has 0 saturated heterocycles. The van der Waals surface area contributed by atoms with Crippen LogP contribution in [0.5, 0.6) is 0 Å². The van der Waals surface area contributed by atoms with Crippen LogP contribution in [0.2, 0.25) is 0 Å². The second-order valence-corrected chi connectivity index (χ2v) is 9.01. The first kappa shape index (κ1) is 24.0. The van der Waals surface area contributed by atoms with Crippen molar-refractivity contribution < 1.29 is 14.0 Å². The second-order valence-electron chi connectivity index (χ2n) is 9.01. The lowest BCUT2D eigenvalue weighted by Gasteiger charge is -2.23. The molecule has 0 aliphatic rings. The Kier molecular flexibility index (Phi) is 7.48. The van der Waals surface area contributed by atoms with Crippen LogP contribution in [0.15, 0.2) is 72.8 Å². The van der Waals surface area contributed by atoms with Crippen LogP contribution in [0.25, 0.3) is 0 Å². The predicted octanol–water partition coefficient (Wildman–Crippen LogP) is 5.90. The number of nitrogens with zero attached hydrogens (tertiary/aromatic N) is 1. The third kappa shape index (κ3) is 6.65. The van der Waals surface area contributed by atoms with Crippen molar-refractivity contribution in [2.45, 2.75) is 33.1 Å². The molecular weight excluding hydrogens is 417 g/mol. The summed E-state index contributed by atoms with van der Waals surface area (Å²) < 4.78 is 13.4. The van der Waals surface area contributed by atoms with Gasteiger partial charge in [-0.25, -0.2) is 9.18 Å². The first-order valence-corrected chi connectivity index (χ1v) is 10.9. The first-order chi connectivity index (χ1) is 15.6. The number of hydrogen-bond acceptors (Lipinski definition) is 2. The fourth-order valence-electron chi connectivity index (χ4n) is 3.30. The van der Waals surface area contributed by atoms with Crippen LogP contribution in [-0.4, -0.2) is 25.0 Å². The standard InChI is InChI=1S/C27H30FN3O2/c1-19-5-13-23(14-6-19)30-26(33)31(24-15-11-22(28)12-16-24)18-17-29-25(32)20-7-9-21(10-8-20)27(2,3)4/h5-16H,17-18H2,1-4H3,(H,29,32)(H,30,33). The Morgan fingerprint density at radius 3 is 2.06 bits per heavy atom. The average molecular weight is 448 g/mol. The highest BCUT2D eigenvalue weighted by Gasteiger charge is 2.18. The number of hydrogen-bond donors (Lipinski definition) is 2. The summed E-state index contributed by atoms with van der Waals surface area (Å²) in [5.74, 6) is -0.599. The molecule has 0 bridgehead atoms. The highest BCUT2D eigenvalue weighted by atomic mass is 19.1. The Labute approximate surface area is 194 Å². The van der Waals surface area contributed by atoms with Crippen LogP contribution < -0.4 is 15.5 Å². The molecule has 0 radical (unpaired) electrons. The molecule has 3 amide bonds. The molecule has 0 atom stereocenters. The Morgan fingerprint density at radius 1 is 0.879 bits per heavy atom. The van der Waals surface area contributed by atoms with Crippen LogP contribution in [0.3, 0.4) is 0 Å². The van der Waals surface area contributed by atoms with E-state index in [0.29, 0.717) is 16.9 Å². The molecule has 33 heavy (non-hydrogen) atoms. The summed E-state index contributed by atoms with van der Waals surface area (Å²) in [5, 5.41) is 5.71. The number of rotatable bonds is 6. The lowest BCUT2D eigenvalue weighted by atomic mass is 9.87. The van der Waals surface area contributed by atoms with E-state index < -0.39 is 0 Å². The Balaban J connectivity index is 1.67. The largest absolute Gasteiger partial charge is 0.350 e. The summed E-state index contributed by atoms with van der Waals surface area (Å²) in [6.45, 7) is 8.78. The molecule has 6 heteroatoms. The zero-order valence-electron chi connectivity index (χ0n) is 19.5. The number of benzene rings is 3. The van der Waals surface area contributed by atoms with Crippen molar-refractivity contribution in [3.05, 3.63) is 95.3 Å².